The summed E-state index contributed by atoms with van der Waals surface area (Å²) in [5, 5.41) is 8.89. The topological polar surface area (TPSA) is 60.9 Å². The van der Waals surface area contributed by atoms with E-state index in [4.69, 9.17) is 5.11 Å². The lowest BCUT2D eigenvalue weighted by atomic mass is 10.1. The number of hydrogen-bond donors (Lipinski definition) is 1. The Morgan fingerprint density at radius 2 is 1.68 bits per heavy atom. The lowest BCUT2D eigenvalue weighted by Gasteiger charge is -2.23. The van der Waals surface area contributed by atoms with Crippen molar-refractivity contribution in [1.82, 2.24) is 9.80 Å². The fourth-order valence-electron chi connectivity index (χ4n) is 2.03. The average molecular weight is 272 g/mol. The third-order valence-electron chi connectivity index (χ3n) is 3.38. The Labute approximate surface area is 116 Å². The number of carbonyl (C=O) groups is 2. The van der Waals surface area contributed by atoms with Crippen LogP contribution in [0.5, 0.6) is 0 Å². The smallest absolute Gasteiger partial charge is 0.307 e. The van der Waals surface area contributed by atoms with E-state index in [1.165, 1.54) is 0 Å². The number of hydrogen-bond acceptors (Lipinski definition) is 3. The molecule has 0 aromatic heterocycles. The van der Waals surface area contributed by atoms with Crippen molar-refractivity contribution >= 4 is 11.9 Å². The lowest BCUT2D eigenvalue weighted by molar-refractivity contribution is -0.141. The van der Waals surface area contributed by atoms with Gasteiger partial charge >= 0.3 is 5.97 Å². The van der Waals surface area contributed by atoms with Gasteiger partial charge in [-0.15, -0.1) is 0 Å². The van der Waals surface area contributed by atoms with Gasteiger partial charge in [-0.3, -0.25) is 9.59 Å². The van der Waals surface area contributed by atoms with Crippen LogP contribution in [0.4, 0.5) is 0 Å². The molecular formula is C14H28N2O3. The predicted octanol–water partition coefficient (Wildman–Crippen LogP) is 1.68. The number of carboxylic acids is 1. The van der Waals surface area contributed by atoms with Gasteiger partial charge in [-0.25, -0.2) is 0 Å². The van der Waals surface area contributed by atoms with Crippen molar-refractivity contribution in [1.29, 1.82) is 0 Å². The first kappa shape index (κ1) is 17.9. The van der Waals surface area contributed by atoms with Crippen LogP contribution in [0.3, 0.4) is 0 Å². The standard InChI is InChI=1S/C14H28N2O3/c1-5-15(11-12(4)14(18)19)10-8-9-13(17)16(6-2)7-3/h12H,5-11H2,1-4H3,(H,18,19). The van der Waals surface area contributed by atoms with Gasteiger partial charge in [0.1, 0.15) is 0 Å². The van der Waals surface area contributed by atoms with Gasteiger partial charge in [-0.2, -0.15) is 0 Å². The van der Waals surface area contributed by atoms with Gasteiger partial charge in [-0.05, 0) is 33.4 Å². The van der Waals surface area contributed by atoms with E-state index in [0.717, 1.165) is 32.6 Å². The molecule has 1 unspecified atom stereocenters. The molecule has 0 fully saturated rings. The van der Waals surface area contributed by atoms with Gasteiger partial charge in [0, 0.05) is 26.1 Å². The molecule has 1 amide bonds. The number of carboxylic acid groups (broad SMARTS) is 1. The lowest BCUT2D eigenvalue weighted by Crippen LogP contribution is -2.34. The first-order valence-electron chi connectivity index (χ1n) is 7.19. The van der Waals surface area contributed by atoms with Gasteiger partial charge in [0.2, 0.25) is 5.91 Å². The Bertz CT molecular complexity index is 278. The Morgan fingerprint density at radius 3 is 2.11 bits per heavy atom. The summed E-state index contributed by atoms with van der Waals surface area (Å²) >= 11 is 0. The molecule has 0 saturated carbocycles. The van der Waals surface area contributed by atoms with Gasteiger partial charge in [0.05, 0.1) is 5.92 Å². The van der Waals surface area contributed by atoms with Crippen molar-refractivity contribution in [3.8, 4) is 0 Å². The van der Waals surface area contributed by atoms with E-state index in [-0.39, 0.29) is 11.8 Å². The van der Waals surface area contributed by atoms with E-state index in [2.05, 4.69) is 4.90 Å². The molecule has 0 saturated heterocycles. The summed E-state index contributed by atoms with van der Waals surface area (Å²) in [6.45, 7) is 11.3. The zero-order valence-corrected chi connectivity index (χ0v) is 12.7. The molecule has 0 aliphatic heterocycles. The van der Waals surface area contributed by atoms with Crippen molar-refractivity contribution in [2.75, 3.05) is 32.7 Å². The monoisotopic (exact) mass is 272 g/mol. The molecule has 1 N–H and O–H groups in total. The third-order valence-corrected chi connectivity index (χ3v) is 3.38. The minimum Gasteiger partial charge on any atom is -0.481 e. The number of carbonyl (C=O) groups excluding carboxylic acids is 1. The Balaban J connectivity index is 4.02. The molecule has 19 heavy (non-hydrogen) atoms. The van der Waals surface area contributed by atoms with Crippen LogP contribution in [0, 0.1) is 5.92 Å². The van der Waals surface area contributed by atoms with Crippen LogP contribution >= 0.6 is 0 Å². The summed E-state index contributed by atoms with van der Waals surface area (Å²) in [6, 6.07) is 0. The maximum absolute atomic E-state index is 11.8. The highest BCUT2D eigenvalue weighted by Crippen LogP contribution is 2.04. The van der Waals surface area contributed by atoms with E-state index in [0.29, 0.717) is 13.0 Å². The molecule has 5 nitrogen and oxygen atoms in total. The first-order chi connectivity index (χ1) is 8.96. The summed E-state index contributed by atoms with van der Waals surface area (Å²) < 4.78 is 0. The number of nitrogens with zero attached hydrogens (tertiary/aromatic N) is 2. The molecule has 112 valence electrons. The van der Waals surface area contributed by atoms with Gasteiger partial charge in [0.15, 0.2) is 0 Å². The molecule has 0 bridgehead atoms. The molecule has 5 heteroatoms. The summed E-state index contributed by atoms with van der Waals surface area (Å²) in [5.74, 6) is -0.941. The van der Waals surface area contributed by atoms with Crippen LogP contribution in [0.1, 0.15) is 40.5 Å². The zero-order chi connectivity index (χ0) is 14.8. The van der Waals surface area contributed by atoms with Crippen molar-refractivity contribution in [3.05, 3.63) is 0 Å². The van der Waals surface area contributed by atoms with Crippen molar-refractivity contribution in [3.63, 3.8) is 0 Å². The van der Waals surface area contributed by atoms with Crippen LogP contribution < -0.4 is 0 Å². The molecule has 0 rings (SSSR count). The molecule has 0 aliphatic rings. The SMILES string of the molecule is CCN(CCCC(=O)N(CC)CC)CC(C)C(=O)O. The maximum Gasteiger partial charge on any atom is 0.307 e. The van der Waals surface area contributed by atoms with E-state index >= 15 is 0 Å². The molecule has 0 radical (unpaired) electrons. The van der Waals surface area contributed by atoms with E-state index in [1.54, 1.807) is 6.92 Å². The second-order valence-electron chi connectivity index (χ2n) is 4.80. The van der Waals surface area contributed by atoms with Gasteiger partial charge in [0.25, 0.3) is 0 Å². The van der Waals surface area contributed by atoms with Crippen LogP contribution in [-0.2, 0) is 9.59 Å². The van der Waals surface area contributed by atoms with Crippen molar-refractivity contribution in [2.24, 2.45) is 5.92 Å². The molecule has 1 atom stereocenters. The molecule has 0 aliphatic carbocycles. The van der Waals surface area contributed by atoms with Gasteiger partial charge < -0.3 is 14.9 Å². The molecule has 0 aromatic rings. The van der Waals surface area contributed by atoms with Crippen LogP contribution in [0.15, 0.2) is 0 Å². The highest BCUT2D eigenvalue weighted by atomic mass is 16.4. The second kappa shape index (κ2) is 9.78. The second-order valence-corrected chi connectivity index (χ2v) is 4.80. The van der Waals surface area contributed by atoms with Crippen LogP contribution in [0.2, 0.25) is 0 Å². The van der Waals surface area contributed by atoms with E-state index in [1.807, 2.05) is 25.7 Å². The van der Waals surface area contributed by atoms with Crippen molar-refractivity contribution < 1.29 is 14.7 Å². The molecule has 0 spiro atoms. The summed E-state index contributed by atoms with van der Waals surface area (Å²) in [7, 11) is 0. The number of amides is 1. The quantitative estimate of drug-likeness (QED) is 0.657. The van der Waals surface area contributed by atoms with Crippen LogP contribution in [-0.4, -0.2) is 59.5 Å². The normalized spacial score (nSPS) is 12.5. The van der Waals surface area contributed by atoms with Crippen molar-refractivity contribution in [2.45, 2.75) is 40.5 Å². The predicted molar refractivity (Wildman–Crippen MR) is 76.1 cm³/mol. The Hall–Kier alpha value is -1.10. The minimum atomic E-state index is -0.766. The largest absolute Gasteiger partial charge is 0.481 e. The highest BCUT2D eigenvalue weighted by molar-refractivity contribution is 5.76. The number of rotatable bonds is 10. The summed E-state index contributed by atoms with van der Waals surface area (Å²) in [4.78, 5) is 26.6. The fraction of sp³-hybridized carbons (Fsp3) is 0.857. The summed E-state index contributed by atoms with van der Waals surface area (Å²) in [5.41, 5.74) is 0. The van der Waals surface area contributed by atoms with Crippen LogP contribution in [0.25, 0.3) is 0 Å². The maximum atomic E-state index is 11.8. The fourth-order valence-corrected chi connectivity index (χ4v) is 2.03. The Kier molecular flexibility index (Phi) is 9.21. The third kappa shape index (κ3) is 7.15. The molecule has 0 aromatic carbocycles. The van der Waals surface area contributed by atoms with E-state index in [9.17, 15) is 9.59 Å². The minimum absolute atomic E-state index is 0.187. The van der Waals surface area contributed by atoms with Gasteiger partial charge in [-0.1, -0.05) is 13.8 Å². The average Bonchev–Trinajstić information content (AvgIpc) is 2.38. The summed E-state index contributed by atoms with van der Waals surface area (Å²) in [6.07, 6.45) is 1.33. The zero-order valence-electron chi connectivity index (χ0n) is 12.7. The van der Waals surface area contributed by atoms with E-state index < -0.39 is 5.97 Å². The number of aliphatic carboxylic acids is 1. The Morgan fingerprint density at radius 1 is 1.11 bits per heavy atom. The first-order valence-corrected chi connectivity index (χ1v) is 7.19. The molecule has 0 heterocycles. The molecular weight excluding hydrogens is 244 g/mol. The highest BCUT2D eigenvalue weighted by Gasteiger charge is 2.15.